The quantitative estimate of drug-likeness (QED) is 0.612. The first kappa shape index (κ1) is 19.5. The molecule has 0 amide bonds. The monoisotopic (exact) mass is 414 g/mol. The topological polar surface area (TPSA) is 82.5 Å². The van der Waals surface area contributed by atoms with E-state index in [1.54, 1.807) is 0 Å². The van der Waals surface area contributed by atoms with E-state index in [0.29, 0.717) is 12.1 Å². The van der Waals surface area contributed by atoms with Crippen LogP contribution in [0.15, 0.2) is 22.2 Å². The summed E-state index contributed by atoms with van der Waals surface area (Å²) in [6.45, 7) is 0. The molecule has 0 saturated carbocycles. The number of oxime groups is 1. The van der Waals surface area contributed by atoms with Crippen molar-refractivity contribution in [2.45, 2.75) is 11.1 Å². The highest BCUT2D eigenvalue weighted by Gasteiger charge is 2.33. The van der Waals surface area contributed by atoms with E-state index in [4.69, 9.17) is 28.9 Å². The van der Waals surface area contributed by atoms with Crippen molar-refractivity contribution in [2.75, 3.05) is 19.1 Å². The van der Waals surface area contributed by atoms with Gasteiger partial charge in [-0.3, -0.25) is 4.21 Å². The van der Waals surface area contributed by atoms with Crippen molar-refractivity contribution >= 4 is 46.0 Å². The smallest absolute Gasteiger partial charge is 0.399 e. The fourth-order valence-corrected chi connectivity index (χ4v) is 3.43. The summed E-state index contributed by atoms with van der Waals surface area (Å²) in [4.78, 5) is 4.66. The van der Waals surface area contributed by atoms with Crippen LogP contribution < -0.4 is 5.73 Å². The first-order chi connectivity index (χ1) is 11.6. The average Bonchev–Trinajstić information content (AvgIpc) is 2.80. The summed E-state index contributed by atoms with van der Waals surface area (Å²) in [7, 11) is -0.267. The number of nitrogen functional groups attached to an aromatic ring is 1. The van der Waals surface area contributed by atoms with E-state index in [2.05, 4.69) is 15.1 Å². The van der Waals surface area contributed by atoms with Crippen LogP contribution in [-0.2, 0) is 21.8 Å². The lowest BCUT2D eigenvalue weighted by Crippen LogP contribution is -2.09. The number of halogens is 5. The molecule has 6 nitrogen and oxygen atoms in total. The number of nitrogens with zero attached hydrogens (tertiary/aromatic N) is 3. The maximum Gasteiger partial charge on any atom is 0.416 e. The molecule has 25 heavy (non-hydrogen) atoms. The predicted octanol–water partition coefficient (Wildman–Crippen LogP) is 3.50. The van der Waals surface area contributed by atoms with E-state index in [1.165, 1.54) is 13.4 Å². The predicted molar refractivity (Wildman–Crippen MR) is 89.9 cm³/mol. The van der Waals surface area contributed by atoms with Crippen molar-refractivity contribution < 1.29 is 22.2 Å². The van der Waals surface area contributed by atoms with Gasteiger partial charge >= 0.3 is 6.18 Å². The zero-order chi connectivity index (χ0) is 18.9. The standard InChI is InChI=1S/C13H11Cl2F3N4O2S/c1-24-20-5-9-11(25(2)23)12(19)22(21-9)10-7(14)3-6(4-8(10)15)13(16,17)18/h3-5H,19H2,1-2H3. The number of aromatic nitrogens is 2. The number of benzene rings is 1. The molecule has 0 aliphatic heterocycles. The fourth-order valence-electron chi connectivity index (χ4n) is 2.02. The second-order valence-electron chi connectivity index (χ2n) is 4.67. The Balaban J connectivity index is 2.71. The molecule has 1 atom stereocenters. The zero-order valence-corrected chi connectivity index (χ0v) is 15.1. The molecular formula is C13H11Cl2F3N4O2S. The van der Waals surface area contributed by atoms with Gasteiger partial charge in [0, 0.05) is 6.26 Å². The number of anilines is 1. The molecule has 1 unspecified atom stereocenters. The maximum atomic E-state index is 12.8. The number of nitrogens with two attached hydrogens (primary N) is 1. The number of hydrogen-bond acceptors (Lipinski definition) is 5. The van der Waals surface area contributed by atoms with Crippen molar-refractivity contribution in [2.24, 2.45) is 5.16 Å². The van der Waals surface area contributed by atoms with Crippen LogP contribution in [0.3, 0.4) is 0 Å². The second kappa shape index (κ2) is 7.22. The van der Waals surface area contributed by atoms with Gasteiger partial charge in [-0.2, -0.15) is 18.3 Å². The third-order valence-electron chi connectivity index (χ3n) is 3.03. The first-order valence-electron chi connectivity index (χ1n) is 6.43. The molecule has 0 saturated heterocycles. The molecule has 0 bridgehead atoms. The molecule has 136 valence electrons. The van der Waals surface area contributed by atoms with E-state index < -0.39 is 22.5 Å². The van der Waals surface area contributed by atoms with Crippen LogP contribution in [0.5, 0.6) is 0 Å². The number of alkyl halides is 3. The lowest BCUT2D eigenvalue weighted by atomic mass is 10.2. The molecule has 0 aliphatic carbocycles. The van der Waals surface area contributed by atoms with Gasteiger partial charge in [0.25, 0.3) is 0 Å². The number of rotatable bonds is 4. The van der Waals surface area contributed by atoms with Crippen molar-refractivity contribution in [1.82, 2.24) is 9.78 Å². The van der Waals surface area contributed by atoms with Crippen molar-refractivity contribution in [3.8, 4) is 5.69 Å². The highest BCUT2D eigenvalue weighted by molar-refractivity contribution is 7.84. The Morgan fingerprint density at radius 1 is 1.36 bits per heavy atom. The Morgan fingerprint density at radius 3 is 2.36 bits per heavy atom. The van der Waals surface area contributed by atoms with Gasteiger partial charge in [-0.25, -0.2) is 4.68 Å². The summed E-state index contributed by atoms with van der Waals surface area (Å²) in [6, 6.07) is 1.41. The summed E-state index contributed by atoms with van der Waals surface area (Å²) in [5.41, 5.74) is 4.95. The van der Waals surface area contributed by atoms with E-state index in [1.807, 2.05) is 0 Å². The molecule has 1 aromatic carbocycles. The van der Waals surface area contributed by atoms with E-state index >= 15 is 0 Å². The van der Waals surface area contributed by atoms with Crippen LogP contribution in [0.25, 0.3) is 5.69 Å². The molecular weight excluding hydrogens is 404 g/mol. The maximum absolute atomic E-state index is 12.8. The molecule has 12 heteroatoms. The molecule has 1 heterocycles. The van der Waals surface area contributed by atoms with Gasteiger partial charge < -0.3 is 10.6 Å². The summed E-state index contributed by atoms with van der Waals surface area (Å²) < 4.78 is 51.4. The van der Waals surface area contributed by atoms with Crippen LogP contribution in [0.1, 0.15) is 11.3 Å². The SMILES string of the molecule is CON=Cc1nn(-c2c(Cl)cc(C(F)(F)F)cc2Cl)c(N)c1S(C)=O. The molecule has 0 spiro atoms. The summed E-state index contributed by atoms with van der Waals surface area (Å²) in [5, 5.41) is 6.95. The number of hydrogen-bond donors (Lipinski definition) is 1. The molecule has 0 fully saturated rings. The average molecular weight is 415 g/mol. The van der Waals surface area contributed by atoms with Crippen LogP contribution in [0, 0.1) is 0 Å². The van der Waals surface area contributed by atoms with Gasteiger partial charge in [-0.05, 0) is 12.1 Å². The van der Waals surface area contributed by atoms with E-state index in [9.17, 15) is 17.4 Å². The zero-order valence-electron chi connectivity index (χ0n) is 12.8. The van der Waals surface area contributed by atoms with Gasteiger partial charge in [0.1, 0.15) is 29.2 Å². The van der Waals surface area contributed by atoms with Crippen molar-refractivity contribution in [3.05, 3.63) is 33.4 Å². The normalized spacial score (nSPS) is 13.4. The summed E-state index contributed by atoms with van der Waals surface area (Å²) in [6.07, 6.45) is -2.10. The minimum absolute atomic E-state index is 0.0717. The van der Waals surface area contributed by atoms with Gasteiger partial charge in [-0.1, -0.05) is 28.4 Å². The van der Waals surface area contributed by atoms with Gasteiger partial charge in [-0.15, -0.1) is 0 Å². The minimum atomic E-state index is -4.62. The van der Waals surface area contributed by atoms with E-state index in [-0.39, 0.29) is 32.1 Å². The lowest BCUT2D eigenvalue weighted by molar-refractivity contribution is -0.137. The van der Waals surface area contributed by atoms with Crippen molar-refractivity contribution in [3.63, 3.8) is 0 Å². The van der Waals surface area contributed by atoms with Gasteiger partial charge in [0.2, 0.25) is 0 Å². The molecule has 2 N–H and O–H groups in total. The highest BCUT2D eigenvalue weighted by Crippen LogP contribution is 2.38. The Kier molecular flexibility index (Phi) is 5.65. The largest absolute Gasteiger partial charge is 0.416 e. The minimum Gasteiger partial charge on any atom is -0.399 e. The van der Waals surface area contributed by atoms with Gasteiger partial charge in [0.15, 0.2) is 0 Å². The summed E-state index contributed by atoms with van der Waals surface area (Å²) >= 11 is 11.9. The highest BCUT2D eigenvalue weighted by atomic mass is 35.5. The first-order valence-corrected chi connectivity index (χ1v) is 8.74. The summed E-state index contributed by atoms with van der Waals surface area (Å²) in [5.74, 6) is -0.0954. The van der Waals surface area contributed by atoms with Crippen molar-refractivity contribution in [1.29, 1.82) is 0 Å². The van der Waals surface area contributed by atoms with Crippen LogP contribution >= 0.6 is 23.2 Å². The molecule has 0 aliphatic rings. The van der Waals surface area contributed by atoms with E-state index in [0.717, 1.165) is 10.9 Å². The second-order valence-corrected chi connectivity index (χ2v) is 6.80. The fraction of sp³-hybridized carbons (Fsp3) is 0.231. The van der Waals surface area contributed by atoms with Gasteiger partial charge in [0.05, 0.1) is 32.6 Å². The Morgan fingerprint density at radius 2 is 1.92 bits per heavy atom. The molecule has 2 aromatic rings. The third kappa shape index (κ3) is 3.91. The lowest BCUT2D eigenvalue weighted by Gasteiger charge is -2.13. The van der Waals surface area contributed by atoms with Crippen LogP contribution in [0.4, 0.5) is 19.0 Å². The molecule has 2 rings (SSSR count). The Labute approximate surface area is 152 Å². The third-order valence-corrected chi connectivity index (χ3v) is 4.59. The Bertz CT molecular complexity index is 845. The van der Waals surface area contributed by atoms with Crippen LogP contribution in [-0.4, -0.2) is 33.6 Å². The van der Waals surface area contributed by atoms with Crippen LogP contribution in [0.2, 0.25) is 10.0 Å². The molecule has 1 aromatic heterocycles. The Hall–Kier alpha value is -1.78. The molecule has 0 radical (unpaired) electrons.